The molecule has 0 unspecified atom stereocenters. The number of carbonyl (C=O) groups excluding carboxylic acids is 1. The number of anilines is 2. The third-order valence-electron chi connectivity index (χ3n) is 5.04. The van der Waals surface area contributed by atoms with Gasteiger partial charge in [-0.05, 0) is 36.6 Å². The molecule has 2 heterocycles. The van der Waals surface area contributed by atoms with Crippen LogP contribution in [-0.4, -0.2) is 55.4 Å². The third kappa shape index (κ3) is 6.79. The quantitative estimate of drug-likeness (QED) is 0.349. The highest BCUT2D eigenvalue weighted by molar-refractivity contribution is 5.87. The monoisotopic (exact) mass is 424 g/mol. The number of unbranched alkanes of at least 4 members (excludes halogenated alkanes) is 2. The first-order valence-corrected chi connectivity index (χ1v) is 11.1. The van der Waals surface area contributed by atoms with Crippen molar-refractivity contribution in [2.75, 3.05) is 49.7 Å². The van der Waals surface area contributed by atoms with Crippen molar-refractivity contribution in [1.82, 2.24) is 9.97 Å². The summed E-state index contributed by atoms with van der Waals surface area (Å²) in [4.78, 5) is 23.3. The second kappa shape index (κ2) is 12.1. The number of hydrogen-bond acceptors (Lipinski definition) is 7. The Balaban J connectivity index is 1.86. The Bertz CT molecular complexity index is 879. The number of rotatable bonds is 10. The van der Waals surface area contributed by atoms with E-state index < -0.39 is 0 Å². The van der Waals surface area contributed by atoms with E-state index in [0.29, 0.717) is 25.8 Å². The topological polar surface area (TPSA) is 76.6 Å². The normalized spacial score (nSPS) is 14.1. The van der Waals surface area contributed by atoms with Crippen LogP contribution in [0.1, 0.15) is 38.7 Å². The Labute approximate surface area is 184 Å². The molecule has 1 aromatic heterocycles. The zero-order valence-corrected chi connectivity index (χ0v) is 18.5. The van der Waals surface area contributed by atoms with Gasteiger partial charge in [-0.25, -0.2) is 9.78 Å². The summed E-state index contributed by atoms with van der Waals surface area (Å²) in [6.07, 6.45) is 8.57. The van der Waals surface area contributed by atoms with Crippen LogP contribution in [0.25, 0.3) is 17.2 Å². The van der Waals surface area contributed by atoms with E-state index in [2.05, 4.69) is 22.1 Å². The Morgan fingerprint density at radius 1 is 1.26 bits per heavy atom. The molecule has 1 N–H and O–H groups in total. The van der Waals surface area contributed by atoms with Crippen LogP contribution in [0, 0.1) is 0 Å². The fraction of sp³-hybridized carbons (Fsp3) is 0.458. The Kier molecular flexibility index (Phi) is 8.84. The first-order valence-electron chi connectivity index (χ1n) is 11.1. The van der Waals surface area contributed by atoms with Crippen molar-refractivity contribution in [2.45, 2.75) is 33.1 Å². The molecular weight excluding hydrogens is 392 g/mol. The number of carbonyl (C=O) groups is 1. The van der Waals surface area contributed by atoms with Crippen LogP contribution in [0.3, 0.4) is 0 Å². The summed E-state index contributed by atoms with van der Waals surface area (Å²) in [5.41, 5.74) is 2.89. The van der Waals surface area contributed by atoms with Crippen molar-refractivity contribution in [3.63, 3.8) is 0 Å². The molecule has 31 heavy (non-hydrogen) atoms. The SMILES string of the molecule is CCCCCNc1ncc(-c2cccc(C=CC(=O)OCC)c2)c(N2CCOCC2)n1. The second-order valence-electron chi connectivity index (χ2n) is 7.38. The smallest absolute Gasteiger partial charge is 0.330 e. The van der Waals surface area contributed by atoms with Crippen LogP contribution >= 0.6 is 0 Å². The van der Waals surface area contributed by atoms with E-state index in [4.69, 9.17) is 14.5 Å². The van der Waals surface area contributed by atoms with E-state index in [9.17, 15) is 4.79 Å². The molecule has 1 saturated heterocycles. The van der Waals surface area contributed by atoms with Crippen LogP contribution < -0.4 is 10.2 Å². The van der Waals surface area contributed by atoms with Gasteiger partial charge in [0.1, 0.15) is 5.82 Å². The molecule has 7 nitrogen and oxygen atoms in total. The summed E-state index contributed by atoms with van der Waals surface area (Å²) in [6, 6.07) is 8.00. The molecule has 7 heteroatoms. The van der Waals surface area contributed by atoms with Gasteiger partial charge in [-0.15, -0.1) is 0 Å². The van der Waals surface area contributed by atoms with Gasteiger partial charge in [0.15, 0.2) is 0 Å². The predicted molar refractivity (Wildman–Crippen MR) is 124 cm³/mol. The molecule has 1 fully saturated rings. The second-order valence-corrected chi connectivity index (χ2v) is 7.38. The molecule has 0 aliphatic carbocycles. The van der Waals surface area contributed by atoms with Gasteiger partial charge in [-0.2, -0.15) is 4.98 Å². The minimum atomic E-state index is -0.344. The molecule has 0 radical (unpaired) electrons. The molecule has 0 saturated carbocycles. The van der Waals surface area contributed by atoms with Gasteiger partial charge in [-0.3, -0.25) is 0 Å². The Morgan fingerprint density at radius 2 is 2.10 bits per heavy atom. The van der Waals surface area contributed by atoms with E-state index in [1.54, 1.807) is 13.0 Å². The van der Waals surface area contributed by atoms with Crippen LogP contribution in [0.4, 0.5) is 11.8 Å². The standard InChI is InChI=1S/C24H32N4O3/c1-3-5-6-12-25-24-26-18-21(23(27-24)28-13-15-30-16-14-28)20-9-7-8-19(17-20)10-11-22(29)31-4-2/h7-11,17-18H,3-6,12-16H2,1-2H3,(H,25,26,27). The first kappa shape index (κ1) is 22.7. The van der Waals surface area contributed by atoms with Crippen molar-refractivity contribution in [2.24, 2.45) is 0 Å². The van der Waals surface area contributed by atoms with Gasteiger partial charge in [0.25, 0.3) is 0 Å². The van der Waals surface area contributed by atoms with E-state index in [0.717, 1.165) is 48.6 Å². The summed E-state index contributed by atoms with van der Waals surface area (Å²) >= 11 is 0. The highest BCUT2D eigenvalue weighted by atomic mass is 16.5. The lowest BCUT2D eigenvalue weighted by atomic mass is 10.0. The third-order valence-corrected chi connectivity index (χ3v) is 5.04. The summed E-state index contributed by atoms with van der Waals surface area (Å²) in [5, 5.41) is 3.35. The highest BCUT2D eigenvalue weighted by Crippen LogP contribution is 2.31. The van der Waals surface area contributed by atoms with Crippen LogP contribution in [-0.2, 0) is 14.3 Å². The van der Waals surface area contributed by atoms with Crippen LogP contribution in [0.15, 0.2) is 36.5 Å². The molecular formula is C24H32N4O3. The summed E-state index contributed by atoms with van der Waals surface area (Å²) in [5.74, 6) is 1.21. The van der Waals surface area contributed by atoms with Gasteiger partial charge in [0.05, 0.1) is 19.8 Å². The van der Waals surface area contributed by atoms with E-state index in [1.165, 1.54) is 18.9 Å². The van der Waals surface area contributed by atoms with E-state index >= 15 is 0 Å². The molecule has 1 aliphatic heterocycles. The number of ether oxygens (including phenoxy) is 2. The van der Waals surface area contributed by atoms with E-state index in [1.807, 2.05) is 30.5 Å². The maximum Gasteiger partial charge on any atom is 0.330 e. The minimum absolute atomic E-state index is 0.344. The summed E-state index contributed by atoms with van der Waals surface area (Å²) < 4.78 is 10.5. The zero-order chi connectivity index (χ0) is 21.9. The van der Waals surface area contributed by atoms with Gasteiger partial charge in [0, 0.05) is 37.5 Å². The fourth-order valence-electron chi connectivity index (χ4n) is 3.42. The Hall–Kier alpha value is -2.93. The van der Waals surface area contributed by atoms with E-state index in [-0.39, 0.29) is 5.97 Å². The number of nitrogens with zero attached hydrogens (tertiary/aromatic N) is 3. The van der Waals surface area contributed by atoms with Crippen LogP contribution in [0.5, 0.6) is 0 Å². The van der Waals surface area contributed by atoms with Gasteiger partial charge in [-0.1, -0.05) is 38.0 Å². The molecule has 3 rings (SSSR count). The van der Waals surface area contributed by atoms with Crippen molar-refractivity contribution in [3.05, 3.63) is 42.1 Å². The highest BCUT2D eigenvalue weighted by Gasteiger charge is 2.19. The number of benzene rings is 1. The Morgan fingerprint density at radius 3 is 2.87 bits per heavy atom. The maximum absolute atomic E-state index is 11.6. The van der Waals surface area contributed by atoms with Crippen molar-refractivity contribution >= 4 is 23.8 Å². The average molecular weight is 425 g/mol. The zero-order valence-electron chi connectivity index (χ0n) is 18.5. The van der Waals surface area contributed by atoms with Crippen molar-refractivity contribution in [3.8, 4) is 11.1 Å². The number of aromatic nitrogens is 2. The lowest BCUT2D eigenvalue weighted by Crippen LogP contribution is -2.37. The van der Waals surface area contributed by atoms with Gasteiger partial charge >= 0.3 is 5.97 Å². The number of esters is 1. The lowest BCUT2D eigenvalue weighted by molar-refractivity contribution is -0.137. The first-order chi connectivity index (χ1) is 15.2. The predicted octanol–water partition coefficient (Wildman–Crippen LogP) is 4.16. The largest absolute Gasteiger partial charge is 0.463 e. The molecule has 0 atom stereocenters. The van der Waals surface area contributed by atoms with Crippen molar-refractivity contribution < 1.29 is 14.3 Å². The molecule has 0 spiro atoms. The maximum atomic E-state index is 11.6. The minimum Gasteiger partial charge on any atom is -0.463 e. The number of hydrogen-bond donors (Lipinski definition) is 1. The molecule has 166 valence electrons. The molecule has 1 aliphatic rings. The van der Waals surface area contributed by atoms with Gasteiger partial charge in [0.2, 0.25) is 5.95 Å². The summed E-state index contributed by atoms with van der Waals surface area (Å²) in [6.45, 7) is 8.17. The molecule has 0 amide bonds. The molecule has 0 bridgehead atoms. The average Bonchev–Trinajstić information content (AvgIpc) is 2.81. The molecule has 2 aromatic rings. The number of morpholine rings is 1. The van der Waals surface area contributed by atoms with Crippen molar-refractivity contribution in [1.29, 1.82) is 0 Å². The number of nitrogens with one attached hydrogen (secondary N) is 1. The fourth-order valence-corrected chi connectivity index (χ4v) is 3.42. The molecule has 1 aromatic carbocycles. The van der Waals surface area contributed by atoms with Crippen LogP contribution in [0.2, 0.25) is 0 Å². The van der Waals surface area contributed by atoms with Gasteiger partial charge < -0.3 is 19.7 Å². The summed E-state index contributed by atoms with van der Waals surface area (Å²) in [7, 11) is 0. The lowest BCUT2D eigenvalue weighted by Gasteiger charge is -2.29.